The van der Waals surface area contributed by atoms with E-state index in [0.717, 1.165) is 6.92 Å². The van der Waals surface area contributed by atoms with Gasteiger partial charge in [-0.1, -0.05) is 26.6 Å². The van der Waals surface area contributed by atoms with E-state index in [1.54, 1.807) is 13.8 Å². The summed E-state index contributed by atoms with van der Waals surface area (Å²) in [6, 6.07) is -1.70. The van der Waals surface area contributed by atoms with Crippen molar-refractivity contribution in [3.8, 4) is 0 Å². The van der Waals surface area contributed by atoms with Gasteiger partial charge in [0, 0.05) is 21.7 Å². The third kappa shape index (κ3) is 7.38. The van der Waals surface area contributed by atoms with E-state index in [1.807, 2.05) is 0 Å². The fraction of sp³-hybridized carbons (Fsp3) is 0.875. The first-order valence-corrected chi connectivity index (χ1v) is 4.05. The summed E-state index contributed by atoms with van der Waals surface area (Å²) in [7, 11) is 0. The quantitative estimate of drug-likeness (QED) is 0.404. The molecule has 0 N–H and O–H groups in total. The molecule has 0 fully saturated rings. The molecule has 1 unspecified atom stereocenters. The zero-order chi connectivity index (χ0) is 10.6. The molecule has 0 aliphatic heterocycles. The van der Waals surface area contributed by atoms with E-state index < -0.39 is 12.2 Å². The van der Waals surface area contributed by atoms with Crippen LogP contribution in [0.1, 0.15) is 27.7 Å². The number of aliphatic imine (C=N–C) groups is 1. The van der Waals surface area contributed by atoms with Crippen LogP contribution in [0, 0.1) is 0 Å². The van der Waals surface area contributed by atoms with Gasteiger partial charge >= 0.3 is 6.18 Å². The van der Waals surface area contributed by atoms with Crippen LogP contribution >= 0.6 is 0 Å². The average Bonchev–Trinajstić information content (AvgIpc) is 1.82. The maximum atomic E-state index is 12.0. The molecule has 14 heavy (non-hydrogen) atoms. The largest absolute Gasteiger partial charge is 0.467 e. The van der Waals surface area contributed by atoms with Gasteiger partial charge in [0.1, 0.15) is 0 Å². The van der Waals surface area contributed by atoms with Crippen molar-refractivity contribution in [1.82, 2.24) is 0 Å². The third-order valence-electron chi connectivity index (χ3n) is 1.30. The third-order valence-corrected chi connectivity index (χ3v) is 1.30. The Morgan fingerprint density at radius 2 is 1.64 bits per heavy atom. The molecule has 0 spiro atoms. The van der Waals surface area contributed by atoms with Crippen LogP contribution in [-0.2, 0) is 21.7 Å². The summed E-state index contributed by atoms with van der Waals surface area (Å²) < 4.78 is 36.0. The fourth-order valence-corrected chi connectivity index (χ4v) is 0.760. The van der Waals surface area contributed by atoms with Crippen LogP contribution in [0.3, 0.4) is 0 Å². The first-order valence-electron chi connectivity index (χ1n) is 4.05. The van der Waals surface area contributed by atoms with Gasteiger partial charge < -0.3 is 10.3 Å². The Kier molecular flexibility index (Phi) is 7.57. The Bertz CT molecular complexity index is 190. The predicted molar refractivity (Wildman–Crippen MR) is 47.1 cm³/mol. The van der Waals surface area contributed by atoms with Crippen molar-refractivity contribution >= 4 is 5.84 Å². The molecule has 0 saturated heterocycles. The average molecular weight is 243 g/mol. The van der Waals surface area contributed by atoms with Gasteiger partial charge in [0.15, 0.2) is 0 Å². The first kappa shape index (κ1) is 16.4. The molecule has 0 bridgehead atoms. The van der Waals surface area contributed by atoms with Crippen LogP contribution in [-0.4, -0.2) is 24.1 Å². The van der Waals surface area contributed by atoms with Crippen LogP contribution in [0.15, 0.2) is 4.99 Å². The normalized spacial score (nSPS) is 15.0. The zero-order valence-corrected chi connectivity index (χ0v) is 10.2. The van der Waals surface area contributed by atoms with Gasteiger partial charge in [0.25, 0.3) is 0 Å². The topological polar surface area (TPSA) is 26.5 Å². The van der Waals surface area contributed by atoms with E-state index in [0.29, 0.717) is 0 Å². The van der Waals surface area contributed by atoms with Crippen molar-refractivity contribution in [2.24, 2.45) is 4.99 Å². The number of alkyl halides is 3. The van der Waals surface area contributed by atoms with Gasteiger partial charge in [0.2, 0.25) is 0 Å². The molecule has 0 rings (SSSR count). The van der Waals surface area contributed by atoms with Crippen LogP contribution in [0.25, 0.3) is 5.32 Å². The molecular weight excluding hydrogens is 229 g/mol. The summed E-state index contributed by atoms with van der Waals surface area (Å²) in [5, 5.41) is 3.41. The SMILES string of the molecule is CC(=NC(C)C)[N-]C(C)C(F)(F)F.[Ti]. The van der Waals surface area contributed by atoms with Crippen molar-refractivity contribution in [2.45, 2.75) is 46.0 Å². The molecule has 0 aromatic rings. The van der Waals surface area contributed by atoms with Gasteiger partial charge in [0.05, 0.1) is 6.04 Å². The molecule has 2 nitrogen and oxygen atoms in total. The molecule has 6 heteroatoms. The summed E-state index contributed by atoms with van der Waals surface area (Å²) in [6.07, 6.45) is -4.27. The standard InChI is InChI=1S/C8H14F3N2.Ti/c1-5(2)12-7(4)13-6(3)8(9,10)11;/h5-6H,1-4H3;/q-1;. The maximum Gasteiger partial charge on any atom is 0.390 e. The summed E-state index contributed by atoms with van der Waals surface area (Å²) in [4.78, 5) is 3.88. The summed E-state index contributed by atoms with van der Waals surface area (Å²) in [5.41, 5.74) is 0. The fourth-order valence-electron chi connectivity index (χ4n) is 0.760. The molecule has 0 aromatic carbocycles. The minimum atomic E-state index is -4.27. The van der Waals surface area contributed by atoms with E-state index in [2.05, 4.69) is 10.3 Å². The molecule has 0 amide bonds. The zero-order valence-electron chi connectivity index (χ0n) is 8.68. The summed E-state index contributed by atoms with van der Waals surface area (Å²) in [5.74, 6) is 0.194. The molecular formula is C8H14F3N2Ti-. The molecule has 0 aliphatic carbocycles. The van der Waals surface area contributed by atoms with Crippen molar-refractivity contribution in [3.05, 3.63) is 5.32 Å². The van der Waals surface area contributed by atoms with Gasteiger partial charge in [-0.3, -0.25) is 0 Å². The van der Waals surface area contributed by atoms with Gasteiger partial charge in [-0.15, -0.1) is 0 Å². The van der Waals surface area contributed by atoms with Crippen molar-refractivity contribution in [1.29, 1.82) is 0 Å². The molecule has 0 saturated carbocycles. The number of hydrogen-bond acceptors (Lipinski definition) is 1. The summed E-state index contributed by atoms with van der Waals surface area (Å²) in [6.45, 7) is 6.07. The van der Waals surface area contributed by atoms with Gasteiger partial charge in [-0.2, -0.15) is 13.2 Å². The van der Waals surface area contributed by atoms with Gasteiger partial charge in [-0.05, 0) is 13.0 Å². The number of halogens is 3. The monoisotopic (exact) mass is 243 g/mol. The minimum Gasteiger partial charge on any atom is -0.467 e. The Labute approximate surface area is 97.2 Å². The minimum absolute atomic E-state index is 0. The number of amidine groups is 1. The number of hydrogen-bond donors (Lipinski definition) is 0. The Morgan fingerprint density at radius 1 is 1.21 bits per heavy atom. The molecule has 0 aromatic heterocycles. The van der Waals surface area contributed by atoms with Crippen molar-refractivity contribution in [3.63, 3.8) is 0 Å². The van der Waals surface area contributed by atoms with Crippen LogP contribution < -0.4 is 0 Å². The second kappa shape index (κ2) is 6.46. The van der Waals surface area contributed by atoms with E-state index in [1.165, 1.54) is 6.92 Å². The van der Waals surface area contributed by atoms with E-state index >= 15 is 0 Å². The molecule has 0 radical (unpaired) electrons. The maximum absolute atomic E-state index is 12.0. The molecule has 0 aliphatic rings. The van der Waals surface area contributed by atoms with Crippen LogP contribution in [0.2, 0.25) is 0 Å². The van der Waals surface area contributed by atoms with E-state index in [4.69, 9.17) is 0 Å². The van der Waals surface area contributed by atoms with E-state index in [9.17, 15) is 13.2 Å². The molecule has 0 heterocycles. The smallest absolute Gasteiger partial charge is 0.390 e. The van der Waals surface area contributed by atoms with Crippen LogP contribution in [0.5, 0.6) is 0 Å². The Hall–Kier alpha value is -0.0257. The first-order chi connectivity index (χ1) is 5.73. The second-order valence-electron chi connectivity index (χ2n) is 3.12. The Balaban J connectivity index is 0. The van der Waals surface area contributed by atoms with Crippen molar-refractivity contribution < 1.29 is 34.9 Å². The Morgan fingerprint density at radius 3 is 1.93 bits per heavy atom. The predicted octanol–water partition coefficient (Wildman–Crippen LogP) is 3.14. The van der Waals surface area contributed by atoms with Crippen molar-refractivity contribution in [2.75, 3.05) is 0 Å². The van der Waals surface area contributed by atoms with E-state index in [-0.39, 0.29) is 33.6 Å². The molecule has 1 atom stereocenters. The summed E-state index contributed by atoms with van der Waals surface area (Å²) >= 11 is 0. The van der Waals surface area contributed by atoms with Gasteiger partial charge in [-0.25, -0.2) is 0 Å². The number of rotatable bonds is 2. The second-order valence-corrected chi connectivity index (χ2v) is 3.12. The van der Waals surface area contributed by atoms with Crippen LogP contribution in [0.4, 0.5) is 13.2 Å². The number of nitrogens with zero attached hydrogens (tertiary/aromatic N) is 2. The molecule has 82 valence electrons.